The zero-order valence-corrected chi connectivity index (χ0v) is 14.0. The molecular weight excluding hydrogens is 373 g/mol. The molecule has 0 aromatic carbocycles. The van der Waals surface area contributed by atoms with Crippen molar-refractivity contribution in [1.82, 2.24) is 14.8 Å². The molecule has 0 N–H and O–H groups in total. The summed E-state index contributed by atoms with van der Waals surface area (Å²) >= 11 is 0. The Morgan fingerprint density at radius 1 is 1.00 bits per heavy atom. The van der Waals surface area contributed by atoms with Gasteiger partial charge in [-0.1, -0.05) is 0 Å². The number of halogens is 5. The molecule has 2 aromatic rings. The Morgan fingerprint density at radius 3 is 2.11 bits per heavy atom. The highest BCUT2D eigenvalue weighted by Crippen LogP contribution is 2.28. The van der Waals surface area contributed by atoms with Crippen molar-refractivity contribution < 1.29 is 22.0 Å². The Kier molecular flexibility index (Phi) is 5.29. The van der Waals surface area contributed by atoms with Gasteiger partial charge in [0.05, 0.1) is 23.8 Å². The molecule has 3 rings (SSSR count). The van der Waals surface area contributed by atoms with Crippen molar-refractivity contribution in [2.24, 2.45) is 0 Å². The van der Waals surface area contributed by atoms with Gasteiger partial charge in [0.25, 0.3) is 12.0 Å². The molecule has 0 radical (unpaired) electrons. The lowest BCUT2D eigenvalue weighted by atomic mass is 10.2. The van der Waals surface area contributed by atoms with Crippen LogP contribution in [0.5, 0.6) is 0 Å². The van der Waals surface area contributed by atoms with Crippen molar-refractivity contribution in [3.63, 3.8) is 0 Å². The van der Waals surface area contributed by atoms with Gasteiger partial charge in [-0.15, -0.1) is 0 Å². The Balaban J connectivity index is 1.63. The maximum Gasteiger partial charge on any atom is 0.433 e. The molecule has 0 spiro atoms. The first kappa shape index (κ1) is 19.1. The number of nitrogens with zero attached hydrogens (tertiary/aromatic N) is 5. The highest BCUT2D eigenvalue weighted by atomic mass is 19.4. The normalized spacial score (nSPS) is 15.5. The summed E-state index contributed by atoms with van der Waals surface area (Å²) in [4.78, 5) is 19.1. The summed E-state index contributed by atoms with van der Waals surface area (Å²) in [5, 5.41) is 3.76. The molecule has 11 heteroatoms. The molecule has 0 bridgehead atoms. The number of aromatic nitrogens is 3. The van der Waals surface area contributed by atoms with Crippen LogP contribution in [0.1, 0.15) is 5.69 Å². The average Bonchev–Trinajstić information content (AvgIpc) is 2.63. The SMILES string of the molecule is O=c1cc(N2CCN(c3ccc(C(F)(F)F)nc3)CC2)cnn1CC(F)F. The topological polar surface area (TPSA) is 54.3 Å². The molecule has 0 aliphatic carbocycles. The minimum atomic E-state index is -4.48. The molecule has 1 fully saturated rings. The number of hydrogen-bond donors (Lipinski definition) is 0. The van der Waals surface area contributed by atoms with E-state index in [1.807, 2.05) is 9.80 Å². The van der Waals surface area contributed by atoms with Crippen LogP contribution in [-0.2, 0) is 12.7 Å². The lowest BCUT2D eigenvalue weighted by molar-refractivity contribution is -0.141. The zero-order valence-electron chi connectivity index (χ0n) is 14.0. The number of piperazine rings is 1. The second kappa shape index (κ2) is 7.49. The number of pyridine rings is 1. The van der Waals surface area contributed by atoms with Gasteiger partial charge in [-0.05, 0) is 12.1 Å². The number of hydrogen-bond acceptors (Lipinski definition) is 5. The van der Waals surface area contributed by atoms with Crippen molar-refractivity contribution >= 4 is 11.4 Å². The van der Waals surface area contributed by atoms with Crippen molar-refractivity contribution in [1.29, 1.82) is 0 Å². The van der Waals surface area contributed by atoms with Crippen LogP contribution in [0.4, 0.5) is 33.3 Å². The maximum atomic E-state index is 12.6. The quantitative estimate of drug-likeness (QED) is 0.751. The van der Waals surface area contributed by atoms with Gasteiger partial charge in [0.1, 0.15) is 12.2 Å². The van der Waals surface area contributed by atoms with Crippen LogP contribution in [0.25, 0.3) is 0 Å². The van der Waals surface area contributed by atoms with E-state index < -0.39 is 30.4 Å². The van der Waals surface area contributed by atoms with E-state index in [4.69, 9.17) is 0 Å². The van der Waals surface area contributed by atoms with Crippen LogP contribution in [-0.4, -0.2) is 47.4 Å². The maximum absolute atomic E-state index is 12.6. The van der Waals surface area contributed by atoms with Crippen LogP contribution in [0.15, 0.2) is 35.4 Å². The van der Waals surface area contributed by atoms with Gasteiger partial charge in [0, 0.05) is 32.2 Å². The van der Waals surface area contributed by atoms with E-state index in [-0.39, 0.29) is 0 Å². The lowest BCUT2D eigenvalue weighted by Crippen LogP contribution is -2.47. The van der Waals surface area contributed by atoms with Gasteiger partial charge in [-0.3, -0.25) is 4.79 Å². The summed E-state index contributed by atoms with van der Waals surface area (Å²) in [7, 11) is 0. The molecule has 0 amide bonds. The van der Waals surface area contributed by atoms with Crippen LogP contribution in [0, 0.1) is 0 Å². The molecule has 27 heavy (non-hydrogen) atoms. The molecule has 1 aliphatic heterocycles. The van der Waals surface area contributed by atoms with Gasteiger partial charge >= 0.3 is 6.18 Å². The summed E-state index contributed by atoms with van der Waals surface area (Å²) in [6, 6.07) is 3.57. The van der Waals surface area contributed by atoms with E-state index in [0.717, 1.165) is 6.07 Å². The summed E-state index contributed by atoms with van der Waals surface area (Å²) in [5.74, 6) is 0. The molecule has 0 atom stereocenters. The molecule has 1 saturated heterocycles. The Labute approximate surface area is 150 Å². The smallest absolute Gasteiger partial charge is 0.367 e. The Hall–Kier alpha value is -2.72. The minimum Gasteiger partial charge on any atom is -0.367 e. The fourth-order valence-electron chi connectivity index (χ4n) is 2.83. The van der Waals surface area contributed by atoms with E-state index in [0.29, 0.717) is 42.2 Å². The molecule has 0 unspecified atom stereocenters. The minimum absolute atomic E-state index is 0.501. The molecule has 146 valence electrons. The number of anilines is 2. The summed E-state index contributed by atoms with van der Waals surface area (Å²) in [6.45, 7) is 1.26. The van der Waals surface area contributed by atoms with E-state index in [1.165, 1.54) is 24.5 Å². The first-order valence-corrected chi connectivity index (χ1v) is 8.12. The van der Waals surface area contributed by atoms with E-state index in [1.54, 1.807) is 0 Å². The number of alkyl halides is 5. The third kappa shape index (κ3) is 4.52. The van der Waals surface area contributed by atoms with Gasteiger partial charge in [-0.25, -0.2) is 18.4 Å². The molecule has 2 aromatic heterocycles. The standard InChI is InChI=1S/C16H16F5N5O/c17-14(18)10-26-15(27)7-12(9-23-26)25-5-3-24(4-6-25)11-1-2-13(22-8-11)16(19,20)21/h1-2,7-9,14H,3-6,10H2. The third-order valence-electron chi connectivity index (χ3n) is 4.21. The van der Waals surface area contributed by atoms with Crippen LogP contribution < -0.4 is 15.4 Å². The summed E-state index contributed by atoms with van der Waals surface area (Å²) in [6.07, 6.45) is -4.60. The number of rotatable bonds is 4. The second-order valence-corrected chi connectivity index (χ2v) is 6.00. The van der Waals surface area contributed by atoms with Gasteiger partial charge in [-0.2, -0.15) is 18.3 Å². The fourth-order valence-corrected chi connectivity index (χ4v) is 2.83. The van der Waals surface area contributed by atoms with Crippen molar-refractivity contribution in [3.05, 3.63) is 46.6 Å². The van der Waals surface area contributed by atoms with E-state index >= 15 is 0 Å². The summed E-state index contributed by atoms with van der Waals surface area (Å²) < 4.78 is 63.2. The van der Waals surface area contributed by atoms with Gasteiger partial charge < -0.3 is 9.80 Å². The predicted octanol–water partition coefficient (Wildman–Crippen LogP) is 2.25. The van der Waals surface area contributed by atoms with E-state index in [9.17, 15) is 26.7 Å². The van der Waals surface area contributed by atoms with Crippen molar-refractivity contribution in [2.45, 2.75) is 19.1 Å². The van der Waals surface area contributed by atoms with E-state index in [2.05, 4.69) is 10.1 Å². The Morgan fingerprint density at radius 2 is 1.63 bits per heavy atom. The van der Waals surface area contributed by atoms with Crippen molar-refractivity contribution in [3.8, 4) is 0 Å². The highest BCUT2D eigenvalue weighted by Gasteiger charge is 2.32. The zero-order chi connectivity index (χ0) is 19.6. The monoisotopic (exact) mass is 389 g/mol. The summed E-state index contributed by atoms with van der Waals surface area (Å²) in [5.41, 5.74) is -0.452. The average molecular weight is 389 g/mol. The van der Waals surface area contributed by atoms with Crippen LogP contribution >= 0.6 is 0 Å². The lowest BCUT2D eigenvalue weighted by Gasteiger charge is -2.37. The second-order valence-electron chi connectivity index (χ2n) is 6.00. The molecular formula is C16H16F5N5O. The molecule has 3 heterocycles. The van der Waals surface area contributed by atoms with Gasteiger partial charge in [0.15, 0.2) is 0 Å². The third-order valence-corrected chi connectivity index (χ3v) is 4.21. The Bertz CT molecular complexity index is 828. The molecule has 1 aliphatic rings. The first-order chi connectivity index (χ1) is 12.7. The fraction of sp³-hybridized carbons (Fsp3) is 0.438. The van der Waals surface area contributed by atoms with Crippen LogP contribution in [0.3, 0.4) is 0 Å². The van der Waals surface area contributed by atoms with Gasteiger partial charge in [0.2, 0.25) is 0 Å². The van der Waals surface area contributed by atoms with Crippen molar-refractivity contribution in [2.75, 3.05) is 36.0 Å². The molecule has 6 nitrogen and oxygen atoms in total. The highest BCUT2D eigenvalue weighted by molar-refractivity contribution is 5.49. The predicted molar refractivity (Wildman–Crippen MR) is 88.2 cm³/mol. The largest absolute Gasteiger partial charge is 0.433 e. The molecule has 0 saturated carbocycles. The first-order valence-electron chi connectivity index (χ1n) is 8.12. The van der Waals surface area contributed by atoms with Crippen LogP contribution in [0.2, 0.25) is 0 Å².